The number of aryl methyl sites for hydroxylation is 1. The van der Waals surface area contributed by atoms with Crippen molar-refractivity contribution in [1.82, 2.24) is 4.98 Å². The summed E-state index contributed by atoms with van der Waals surface area (Å²) in [5.74, 6) is -1.58. The van der Waals surface area contributed by atoms with Gasteiger partial charge in [0.15, 0.2) is 9.84 Å². The molecule has 0 radical (unpaired) electrons. The molecule has 5 nitrogen and oxygen atoms in total. The zero-order chi connectivity index (χ0) is 15.8. The number of hydrogen-bond acceptors (Lipinski definition) is 6. The predicted molar refractivity (Wildman–Crippen MR) is 83.9 cm³/mol. The van der Waals surface area contributed by atoms with Crippen LogP contribution in [-0.4, -0.2) is 30.4 Å². The van der Waals surface area contributed by atoms with Crippen LogP contribution in [-0.2, 0) is 21.1 Å². The minimum Gasteiger partial charge on any atom is -0.548 e. The van der Waals surface area contributed by atoms with E-state index < -0.39 is 20.6 Å². The summed E-state index contributed by atoms with van der Waals surface area (Å²) in [4.78, 5) is 15.6. The monoisotopic (exact) mass is 397 g/mol. The molecule has 0 saturated carbocycles. The number of carbonyl (C=O) groups excluding carboxylic acids is 1. The molecule has 2 rings (SSSR count). The van der Waals surface area contributed by atoms with Gasteiger partial charge < -0.3 is 9.90 Å². The van der Waals surface area contributed by atoms with Gasteiger partial charge in [-0.05, 0) is 31.5 Å². The van der Waals surface area contributed by atoms with Crippen molar-refractivity contribution in [2.24, 2.45) is 0 Å². The number of aliphatic carboxylic acids is 1. The van der Waals surface area contributed by atoms with Crippen molar-refractivity contribution in [3.63, 3.8) is 0 Å². The van der Waals surface area contributed by atoms with Crippen LogP contribution in [0.1, 0.15) is 18.4 Å². The number of carboxylic acids is 1. The third kappa shape index (κ3) is 3.92. The molecule has 0 aliphatic carbocycles. The van der Waals surface area contributed by atoms with E-state index in [4.69, 9.17) is 0 Å². The van der Waals surface area contributed by atoms with E-state index in [2.05, 4.69) is 20.9 Å². The number of hydrogen-bond donors (Lipinski definition) is 0. The summed E-state index contributed by atoms with van der Waals surface area (Å²) in [6, 6.07) is 5.65. The smallest absolute Gasteiger partial charge is 0.548 e. The van der Waals surface area contributed by atoms with Crippen LogP contribution in [0.4, 0.5) is 0 Å². The Kier molecular flexibility index (Phi) is 6.27. The van der Waals surface area contributed by atoms with E-state index in [1.165, 1.54) is 18.3 Å². The number of aromatic nitrogens is 1. The molecule has 1 aromatic heterocycles. The molecule has 2 aromatic rings. The number of rotatable bonds is 5. The Morgan fingerprint density at radius 2 is 2.09 bits per heavy atom. The molecule has 0 amide bonds. The van der Waals surface area contributed by atoms with Crippen LogP contribution in [0.5, 0.6) is 0 Å². The molecule has 114 valence electrons. The van der Waals surface area contributed by atoms with Gasteiger partial charge in [-0.1, -0.05) is 15.9 Å². The Morgan fingerprint density at radius 1 is 1.45 bits per heavy atom. The van der Waals surface area contributed by atoms with Crippen LogP contribution >= 0.6 is 27.3 Å². The van der Waals surface area contributed by atoms with Gasteiger partial charge in [0.05, 0.1) is 21.2 Å². The van der Waals surface area contributed by atoms with Crippen molar-refractivity contribution < 1.29 is 37.2 Å². The number of fused-ring (bicyclic) bond motifs is 1. The van der Waals surface area contributed by atoms with Crippen LogP contribution in [0.2, 0.25) is 0 Å². The molecule has 0 unspecified atom stereocenters. The quantitative estimate of drug-likeness (QED) is 0.576. The van der Waals surface area contributed by atoms with Gasteiger partial charge in [-0.2, -0.15) is 0 Å². The predicted octanol–water partition coefficient (Wildman–Crippen LogP) is -1.45. The number of nitrogens with zero attached hydrogens (tertiary/aromatic N) is 1. The maximum Gasteiger partial charge on any atom is 1.00 e. The van der Waals surface area contributed by atoms with E-state index >= 15 is 0 Å². The Morgan fingerprint density at radius 3 is 2.64 bits per heavy atom. The van der Waals surface area contributed by atoms with Gasteiger partial charge in [-0.3, -0.25) is 0 Å². The van der Waals surface area contributed by atoms with Crippen LogP contribution in [0.15, 0.2) is 22.7 Å². The van der Waals surface area contributed by atoms with Gasteiger partial charge in [0.25, 0.3) is 0 Å². The SMILES string of the molecule is C[C@@](CCc1nc2ccc(Br)cc2s1)(C(=O)[O-])S(C)(=O)=O.[Li+]. The molecule has 0 spiro atoms. The molecule has 9 heteroatoms. The normalized spacial score (nSPS) is 14.3. The van der Waals surface area contributed by atoms with Crippen molar-refractivity contribution in [3.8, 4) is 0 Å². The minimum atomic E-state index is -3.76. The first-order chi connectivity index (χ1) is 9.63. The third-order valence-electron chi connectivity index (χ3n) is 3.46. The zero-order valence-corrected chi connectivity index (χ0v) is 15.6. The van der Waals surface area contributed by atoms with Crippen molar-refractivity contribution >= 4 is 53.3 Å². The first kappa shape index (κ1) is 19.7. The van der Waals surface area contributed by atoms with Crippen LogP contribution in [0.3, 0.4) is 0 Å². The van der Waals surface area contributed by atoms with Gasteiger partial charge in [0, 0.05) is 17.1 Å². The molecule has 0 aliphatic heterocycles. The van der Waals surface area contributed by atoms with Gasteiger partial charge in [-0.25, -0.2) is 13.4 Å². The van der Waals surface area contributed by atoms with E-state index in [0.29, 0.717) is 5.01 Å². The average molecular weight is 398 g/mol. The van der Waals surface area contributed by atoms with E-state index in [0.717, 1.165) is 20.9 Å². The Balaban J connectivity index is 0.00000242. The summed E-state index contributed by atoms with van der Waals surface area (Å²) in [7, 11) is -3.76. The summed E-state index contributed by atoms with van der Waals surface area (Å²) in [5.41, 5.74) is 0.813. The molecule has 0 aliphatic rings. The third-order valence-corrected chi connectivity index (χ3v) is 7.04. The minimum absolute atomic E-state index is 0. The van der Waals surface area contributed by atoms with Crippen molar-refractivity contribution in [2.75, 3.05) is 6.26 Å². The fourth-order valence-corrected chi connectivity index (χ4v) is 4.13. The molecular weight excluding hydrogens is 385 g/mol. The summed E-state index contributed by atoms with van der Waals surface area (Å²) in [6.45, 7) is 1.18. The molecule has 1 aromatic carbocycles. The number of carbonyl (C=O) groups is 1. The first-order valence-electron chi connectivity index (χ1n) is 6.09. The van der Waals surface area contributed by atoms with Gasteiger partial charge in [0.2, 0.25) is 0 Å². The van der Waals surface area contributed by atoms with Crippen molar-refractivity contribution in [2.45, 2.75) is 24.5 Å². The number of thiazole rings is 1. The van der Waals surface area contributed by atoms with E-state index in [9.17, 15) is 18.3 Å². The van der Waals surface area contributed by atoms with Gasteiger partial charge in [0.1, 0.15) is 4.75 Å². The van der Waals surface area contributed by atoms with Gasteiger partial charge in [-0.15, -0.1) is 11.3 Å². The largest absolute Gasteiger partial charge is 1.00 e. The number of benzene rings is 1. The standard InChI is InChI=1S/C13H14BrNO4S2.Li/c1-13(12(16)17,21(2,18)19)6-5-11-15-9-4-3-8(14)7-10(9)20-11;/h3-4,7H,5-6H2,1-2H3,(H,16,17);/q;+1/p-1/t13-;/m1./s1. The Bertz CT molecular complexity index is 805. The summed E-state index contributed by atoms with van der Waals surface area (Å²) in [5, 5.41) is 11.9. The number of carboxylic acid groups (broad SMARTS) is 1. The second-order valence-corrected chi connectivity index (χ2v) is 9.49. The molecule has 0 N–H and O–H groups in total. The number of sulfone groups is 1. The van der Waals surface area contributed by atoms with Crippen LogP contribution in [0.25, 0.3) is 10.2 Å². The average Bonchev–Trinajstić information content (AvgIpc) is 2.76. The second-order valence-electron chi connectivity index (χ2n) is 5.01. The fraction of sp³-hybridized carbons (Fsp3) is 0.385. The molecule has 0 saturated heterocycles. The molecule has 0 fully saturated rings. The summed E-state index contributed by atoms with van der Waals surface area (Å²) >= 11 is 4.80. The Hall–Kier alpha value is -0.393. The van der Waals surface area contributed by atoms with Crippen molar-refractivity contribution in [3.05, 3.63) is 27.7 Å². The van der Waals surface area contributed by atoms with E-state index in [1.807, 2.05) is 18.2 Å². The maximum absolute atomic E-state index is 11.7. The molecule has 1 heterocycles. The zero-order valence-electron chi connectivity index (χ0n) is 12.4. The van der Waals surface area contributed by atoms with Crippen molar-refractivity contribution in [1.29, 1.82) is 0 Å². The molecule has 22 heavy (non-hydrogen) atoms. The Labute approximate surface area is 153 Å². The topological polar surface area (TPSA) is 87.2 Å². The molecule has 0 bridgehead atoms. The van der Waals surface area contributed by atoms with E-state index in [-0.39, 0.29) is 31.7 Å². The molecule has 1 atom stereocenters. The first-order valence-corrected chi connectivity index (χ1v) is 9.59. The number of halogens is 1. The summed E-state index contributed by atoms with van der Waals surface area (Å²) < 4.78 is 23.4. The van der Waals surface area contributed by atoms with Crippen LogP contribution in [0, 0.1) is 0 Å². The summed E-state index contributed by atoms with van der Waals surface area (Å²) in [6.07, 6.45) is 1.13. The maximum atomic E-state index is 11.7. The van der Waals surface area contributed by atoms with Crippen LogP contribution < -0.4 is 24.0 Å². The van der Waals surface area contributed by atoms with Gasteiger partial charge >= 0.3 is 18.9 Å². The molecular formula is C13H13BrLiNO4S2. The fourth-order valence-electron chi connectivity index (χ4n) is 1.84. The second kappa shape index (κ2) is 7.01. The van der Waals surface area contributed by atoms with E-state index in [1.54, 1.807) is 0 Å².